The zero-order chi connectivity index (χ0) is 8.27. The number of hydrogen-bond acceptors (Lipinski definition) is 1. The van der Waals surface area contributed by atoms with Crippen LogP contribution in [0.3, 0.4) is 0 Å². The van der Waals surface area contributed by atoms with E-state index in [-0.39, 0.29) is 5.92 Å². The lowest BCUT2D eigenvalue weighted by molar-refractivity contribution is -0.125. The second-order valence-corrected chi connectivity index (χ2v) is 3.43. The molecule has 1 saturated carbocycles. The van der Waals surface area contributed by atoms with Crippen LogP contribution in [0.4, 0.5) is 0 Å². The van der Waals surface area contributed by atoms with E-state index in [4.69, 9.17) is 0 Å². The Morgan fingerprint density at radius 1 is 1.73 bits per heavy atom. The number of allylic oxidation sites excluding steroid dienone is 1. The van der Waals surface area contributed by atoms with E-state index >= 15 is 0 Å². The highest BCUT2D eigenvalue weighted by atomic mass is 16.1. The summed E-state index contributed by atoms with van der Waals surface area (Å²) in [5.41, 5.74) is 0. The molecular weight excluding hydrogens is 136 g/mol. The van der Waals surface area contributed by atoms with Gasteiger partial charge in [-0.15, -0.1) is 6.58 Å². The Balaban J connectivity index is 2.50. The van der Waals surface area contributed by atoms with Crippen molar-refractivity contribution in [3.63, 3.8) is 0 Å². The van der Waals surface area contributed by atoms with Crippen LogP contribution in [0.5, 0.6) is 0 Å². The predicted octanol–water partition coefficient (Wildman–Crippen LogP) is 2.57. The van der Waals surface area contributed by atoms with E-state index in [1.807, 2.05) is 6.08 Å². The molecule has 1 heteroatoms. The second kappa shape index (κ2) is 3.70. The number of ketones is 1. The Bertz CT molecular complexity index is 160. The smallest absolute Gasteiger partial charge is 0.135 e. The molecule has 2 atom stereocenters. The highest BCUT2D eigenvalue weighted by Gasteiger charge is 2.26. The SMILES string of the molecule is C=CC[C@H]1CCCC(=O)[C@H]1C. The van der Waals surface area contributed by atoms with Gasteiger partial charge in [0.2, 0.25) is 0 Å². The first kappa shape index (κ1) is 8.51. The molecule has 0 saturated heterocycles. The van der Waals surface area contributed by atoms with Crippen molar-refractivity contribution in [3.05, 3.63) is 12.7 Å². The summed E-state index contributed by atoms with van der Waals surface area (Å²) >= 11 is 0. The van der Waals surface area contributed by atoms with Crippen molar-refractivity contribution in [2.24, 2.45) is 11.8 Å². The molecule has 0 aromatic heterocycles. The summed E-state index contributed by atoms with van der Waals surface area (Å²) in [5.74, 6) is 1.30. The third kappa shape index (κ3) is 1.92. The third-order valence-electron chi connectivity index (χ3n) is 2.68. The molecule has 0 aromatic rings. The molecule has 0 heterocycles. The van der Waals surface area contributed by atoms with Gasteiger partial charge in [-0.05, 0) is 25.2 Å². The van der Waals surface area contributed by atoms with Crippen molar-refractivity contribution in [2.45, 2.75) is 32.6 Å². The number of carbonyl (C=O) groups is 1. The Morgan fingerprint density at radius 3 is 3.09 bits per heavy atom. The lowest BCUT2D eigenvalue weighted by Gasteiger charge is -2.26. The average molecular weight is 152 g/mol. The Morgan fingerprint density at radius 2 is 2.45 bits per heavy atom. The summed E-state index contributed by atoms with van der Waals surface area (Å²) in [6.45, 7) is 5.75. The largest absolute Gasteiger partial charge is 0.299 e. The lowest BCUT2D eigenvalue weighted by Crippen LogP contribution is -2.25. The molecule has 1 aliphatic carbocycles. The van der Waals surface area contributed by atoms with Crippen molar-refractivity contribution in [1.82, 2.24) is 0 Å². The summed E-state index contributed by atoms with van der Waals surface area (Å²) < 4.78 is 0. The zero-order valence-corrected chi connectivity index (χ0v) is 7.18. The number of rotatable bonds is 2. The Kier molecular flexibility index (Phi) is 2.86. The summed E-state index contributed by atoms with van der Waals surface area (Å²) in [5, 5.41) is 0. The van der Waals surface area contributed by atoms with Crippen LogP contribution in [0.15, 0.2) is 12.7 Å². The normalized spacial score (nSPS) is 31.9. The molecule has 0 N–H and O–H groups in total. The monoisotopic (exact) mass is 152 g/mol. The molecule has 0 amide bonds. The Hall–Kier alpha value is -0.590. The molecule has 1 nitrogen and oxygen atoms in total. The van der Waals surface area contributed by atoms with E-state index < -0.39 is 0 Å². The summed E-state index contributed by atoms with van der Waals surface area (Å²) in [6.07, 6.45) is 6.03. The van der Waals surface area contributed by atoms with Gasteiger partial charge in [-0.3, -0.25) is 4.79 Å². The average Bonchev–Trinajstić information content (AvgIpc) is 1.99. The van der Waals surface area contributed by atoms with Crippen LogP contribution >= 0.6 is 0 Å². The van der Waals surface area contributed by atoms with Crippen LogP contribution in [-0.2, 0) is 4.79 Å². The summed E-state index contributed by atoms with van der Waals surface area (Å²) in [6, 6.07) is 0. The standard InChI is InChI=1S/C10H16O/c1-3-5-9-6-4-7-10(11)8(9)2/h3,8-9H,1,4-7H2,2H3/t8-,9-/m0/s1. The van der Waals surface area contributed by atoms with Gasteiger partial charge in [-0.2, -0.15) is 0 Å². The van der Waals surface area contributed by atoms with Crippen LogP contribution in [0.2, 0.25) is 0 Å². The van der Waals surface area contributed by atoms with Gasteiger partial charge in [0.25, 0.3) is 0 Å². The molecular formula is C10H16O. The van der Waals surface area contributed by atoms with E-state index in [2.05, 4.69) is 13.5 Å². The molecule has 62 valence electrons. The minimum atomic E-state index is 0.279. The van der Waals surface area contributed by atoms with Gasteiger partial charge in [0.05, 0.1) is 0 Å². The summed E-state index contributed by atoms with van der Waals surface area (Å²) in [4.78, 5) is 11.2. The van der Waals surface area contributed by atoms with E-state index in [0.29, 0.717) is 11.7 Å². The Labute approximate surface area is 68.5 Å². The molecule has 0 radical (unpaired) electrons. The molecule has 0 bridgehead atoms. The number of hydrogen-bond donors (Lipinski definition) is 0. The van der Waals surface area contributed by atoms with Gasteiger partial charge < -0.3 is 0 Å². The molecule has 1 fully saturated rings. The van der Waals surface area contributed by atoms with Gasteiger partial charge in [0, 0.05) is 12.3 Å². The van der Waals surface area contributed by atoms with E-state index in [0.717, 1.165) is 19.3 Å². The lowest BCUT2D eigenvalue weighted by atomic mass is 9.78. The van der Waals surface area contributed by atoms with Crippen molar-refractivity contribution < 1.29 is 4.79 Å². The third-order valence-corrected chi connectivity index (χ3v) is 2.68. The highest BCUT2D eigenvalue weighted by molar-refractivity contribution is 5.81. The highest BCUT2D eigenvalue weighted by Crippen LogP contribution is 2.29. The molecule has 0 aromatic carbocycles. The fourth-order valence-electron chi connectivity index (χ4n) is 1.82. The minimum Gasteiger partial charge on any atom is -0.299 e. The van der Waals surface area contributed by atoms with Crippen LogP contribution < -0.4 is 0 Å². The van der Waals surface area contributed by atoms with Crippen molar-refractivity contribution in [1.29, 1.82) is 0 Å². The topological polar surface area (TPSA) is 17.1 Å². The van der Waals surface area contributed by atoms with Crippen LogP contribution in [-0.4, -0.2) is 5.78 Å². The first-order valence-electron chi connectivity index (χ1n) is 4.39. The number of Topliss-reactive ketones (excluding diaryl/α,β-unsaturated/α-hetero) is 1. The molecule has 1 rings (SSSR count). The molecule has 0 spiro atoms. The molecule has 0 aliphatic heterocycles. The minimum absolute atomic E-state index is 0.279. The van der Waals surface area contributed by atoms with Gasteiger partial charge in [-0.25, -0.2) is 0 Å². The maximum atomic E-state index is 11.2. The van der Waals surface area contributed by atoms with Gasteiger partial charge in [0.15, 0.2) is 0 Å². The van der Waals surface area contributed by atoms with Crippen LogP contribution in [0.1, 0.15) is 32.6 Å². The predicted molar refractivity (Wildman–Crippen MR) is 46.3 cm³/mol. The van der Waals surface area contributed by atoms with Gasteiger partial charge >= 0.3 is 0 Å². The molecule has 11 heavy (non-hydrogen) atoms. The first-order chi connectivity index (χ1) is 5.25. The summed E-state index contributed by atoms with van der Waals surface area (Å²) in [7, 11) is 0. The second-order valence-electron chi connectivity index (χ2n) is 3.43. The van der Waals surface area contributed by atoms with Crippen molar-refractivity contribution >= 4 is 5.78 Å². The first-order valence-corrected chi connectivity index (χ1v) is 4.39. The van der Waals surface area contributed by atoms with Crippen LogP contribution in [0.25, 0.3) is 0 Å². The van der Waals surface area contributed by atoms with E-state index in [1.54, 1.807) is 0 Å². The fourth-order valence-corrected chi connectivity index (χ4v) is 1.82. The van der Waals surface area contributed by atoms with Crippen LogP contribution in [0, 0.1) is 11.8 Å². The quantitative estimate of drug-likeness (QED) is 0.556. The van der Waals surface area contributed by atoms with Gasteiger partial charge in [0.1, 0.15) is 5.78 Å². The molecule has 0 unspecified atom stereocenters. The van der Waals surface area contributed by atoms with Crippen molar-refractivity contribution in [2.75, 3.05) is 0 Å². The zero-order valence-electron chi connectivity index (χ0n) is 7.18. The number of carbonyl (C=O) groups excluding carboxylic acids is 1. The van der Waals surface area contributed by atoms with E-state index in [1.165, 1.54) is 6.42 Å². The maximum Gasteiger partial charge on any atom is 0.135 e. The van der Waals surface area contributed by atoms with E-state index in [9.17, 15) is 4.79 Å². The maximum absolute atomic E-state index is 11.2. The van der Waals surface area contributed by atoms with Crippen molar-refractivity contribution in [3.8, 4) is 0 Å². The fraction of sp³-hybridized carbons (Fsp3) is 0.700. The van der Waals surface area contributed by atoms with Gasteiger partial charge in [-0.1, -0.05) is 13.0 Å². The molecule has 1 aliphatic rings.